The lowest BCUT2D eigenvalue weighted by molar-refractivity contribution is -0.139. The topological polar surface area (TPSA) is 77.2 Å². The van der Waals surface area contributed by atoms with Gasteiger partial charge in [0.1, 0.15) is 17.9 Å². The van der Waals surface area contributed by atoms with Crippen LogP contribution in [-0.4, -0.2) is 28.6 Å². The second kappa shape index (κ2) is 5.91. The van der Waals surface area contributed by atoms with Crippen LogP contribution in [-0.2, 0) is 4.79 Å². The fourth-order valence-corrected chi connectivity index (χ4v) is 2.80. The zero-order chi connectivity index (χ0) is 14.7. The van der Waals surface area contributed by atoms with Crippen LogP contribution in [0.3, 0.4) is 0 Å². The smallest absolute Gasteiger partial charge is 0.326 e. The summed E-state index contributed by atoms with van der Waals surface area (Å²) >= 11 is 0. The van der Waals surface area contributed by atoms with Gasteiger partial charge in [-0.2, -0.15) is 5.26 Å². The first-order valence-corrected chi connectivity index (χ1v) is 6.93. The van der Waals surface area contributed by atoms with Gasteiger partial charge in [-0.15, -0.1) is 0 Å². The maximum absolute atomic E-state index is 11.5. The molecule has 0 aliphatic carbocycles. The van der Waals surface area contributed by atoms with Crippen molar-refractivity contribution in [3.8, 4) is 6.07 Å². The van der Waals surface area contributed by atoms with E-state index in [1.165, 1.54) is 0 Å². The summed E-state index contributed by atoms with van der Waals surface area (Å²) in [5.74, 6) is 0.104. The van der Waals surface area contributed by atoms with E-state index in [9.17, 15) is 15.2 Å². The molecule has 1 aromatic heterocycles. The van der Waals surface area contributed by atoms with Gasteiger partial charge < -0.3 is 10.0 Å². The molecule has 5 nitrogen and oxygen atoms in total. The lowest BCUT2D eigenvalue weighted by Gasteiger charge is -2.38. The van der Waals surface area contributed by atoms with Crippen LogP contribution < -0.4 is 4.90 Å². The highest BCUT2D eigenvalue weighted by molar-refractivity contribution is 5.79. The molecule has 5 heteroatoms. The van der Waals surface area contributed by atoms with Gasteiger partial charge in [0.05, 0.1) is 5.56 Å². The molecular formula is C15H19N3O2. The van der Waals surface area contributed by atoms with E-state index >= 15 is 0 Å². The standard InChI is InChI=1S/C15H19N3O2/c1-3-11-5-7-18(13(8-11)15(19)20)14-12(9-16)10(2)4-6-17-14/h4,6,11,13H,3,5,7-8H2,1-2H3,(H,19,20). The minimum Gasteiger partial charge on any atom is -0.480 e. The molecule has 0 bridgehead atoms. The van der Waals surface area contributed by atoms with E-state index in [1.807, 2.05) is 6.92 Å². The van der Waals surface area contributed by atoms with Gasteiger partial charge in [-0.3, -0.25) is 0 Å². The van der Waals surface area contributed by atoms with E-state index in [2.05, 4.69) is 18.0 Å². The summed E-state index contributed by atoms with van der Waals surface area (Å²) < 4.78 is 0. The molecule has 106 valence electrons. The van der Waals surface area contributed by atoms with Crippen LogP contribution in [0.15, 0.2) is 12.3 Å². The Balaban J connectivity index is 2.38. The number of rotatable bonds is 3. The van der Waals surface area contributed by atoms with Gasteiger partial charge in [0.15, 0.2) is 0 Å². The van der Waals surface area contributed by atoms with Crippen LogP contribution >= 0.6 is 0 Å². The molecule has 1 saturated heterocycles. The Morgan fingerprint density at radius 1 is 1.65 bits per heavy atom. The highest BCUT2D eigenvalue weighted by Crippen LogP contribution is 2.31. The van der Waals surface area contributed by atoms with Crippen LogP contribution in [0.1, 0.15) is 37.3 Å². The highest BCUT2D eigenvalue weighted by atomic mass is 16.4. The molecule has 2 unspecified atom stereocenters. The first-order chi connectivity index (χ1) is 9.58. The zero-order valence-electron chi connectivity index (χ0n) is 11.8. The average Bonchev–Trinajstić information content (AvgIpc) is 2.46. The Bertz CT molecular complexity index is 551. The summed E-state index contributed by atoms with van der Waals surface area (Å²) in [6, 6.07) is 3.34. The second-order valence-corrected chi connectivity index (χ2v) is 5.28. The molecule has 2 rings (SSSR count). The fourth-order valence-electron chi connectivity index (χ4n) is 2.80. The minimum absolute atomic E-state index is 0.433. The molecule has 1 aliphatic heterocycles. The summed E-state index contributed by atoms with van der Waals surface area (Å²) in [5.41, 5.74) is 1.31. The Labute approximate surface area is 118 Å². The van der Waals surface area contributed by atoms with Gasteiger partial charge in [-0.05, 0) is 37.3 Å². The maximum atomic E-state index is 11.5. The first kappa shape index (κ1) is 14.3. The molecule has 1 aromatic rings. The largest absolute Gasteiger partial charge is 0.480 e. The summed E-state index contributed by atoms with van der Waals surface area (Å²) in [6.07, 6.45) is 4.19. The van der Waals surface area contributed by atoms with Gasteiger partial charge >= 0.3 is 5.97 Å². The van der Waals surface area contributed by atoms with Crippen molar-refractivity contribution in [3.63, 3.8) is 0 Å². The molecule has 0 aromatic carbocycles. The van der Waals surface area contributed by atoms with Crippen molar-refractivity contribution < 1.29 is 9.90 Å². The molecule has 0 saturated carbocycles. The van der Waals surface area contributed by atoms with Gasteiger partial charge in [0.2, 0.25) is 0 Å². The third-order valence-corrected chi connectivity index (χ3v) is 4.10. The Morgan fingerprint density at radius 2 is 2.40 bits per heavy atom. The molecule has 0 amide bonds. The van der Waals surface area contributed by atoms with Crippen LogP contribution in [0, 0.1) is 24.2 Å². The number of carbonyl (C=O) groups is 1. The number of aliphatic carboxylic acids is 1. The predicted octanol–water partition coefficient (Wildman–Crippen LogP) is 2.34. The molecule has 1 fully saturated rings. The van der Waals surface area contributed by atoms with Crippen molar-refractivity contribution in [1.29, 1.82) is 5.26 Å². The van der Waals surface area contributed by atoms with E-state index in [-0.39, 0.29) is 0 Å². The van der Waals surface area contributed by atoms with Gasteiger partial charge in [-0.1, -0.05) is 13.3 Å². The summed E-state index contributed by atoms with van der Waals surface area (Å²) in [4.78, 5) is 17.6. The normalized spacial score (nSPS) is 22.4. The number of hydrogen-bond acceptors (Lipinski definition) is 4. The molecular weight excluding hydrogens is 254 g/mol. The second-order valence-electron chi connectivity index (χ2n) is 5.28. The highest BCUT2D eigenvalue weighted by Gasteiger charge is 2.34. The van der Waals surface area contributed by atoms with Crippen molar-refractivity contribution >= 4 is 11.8 Å². The van der Waals surface area contributed by atoms with E-state index in [0.29, 0.717) is 30.3 Å². The quantitative estimate of drug-likeness (QED) is 0.914. The van der Waals surface area contributed by atoms with Crippen molar-refractivity contribution in [2.75, 3.05) is 11.4 Å². The van der Waals surface area contributed by atoms with Crippen molar-refractivity contribution in [3.05, 3.63) is 23.4 Å². The molecule has 20 heavy (non-hydrogen) atoms. The number of carboxylic acid groups (broad SMARTS) is 1. The van der Waals surface area contributed by atoms with E-state index < -0.39 is 12.0 Å². The number of nitriles is 1. The Hall–Kier alpha value is -2.09. The van der Waals surface area contributed by atoms with Crippen LogP contribution in [0.25, 0.3) is 0 Å². The van der Waals surface area contributed by atoms with Gasteiger partial charge in [0.25, 0.3) is 0 Å². The molecule has 2 atom stereocenters. The average molecular weight is 273 g/mol. The monoisotopic (exact) mass is 273 g/mol. The lowest BCUT2D eigenvalue weighted by atomic mass is 9.88. The molecule has 0 spiro atoms. The fraction of sp³-hybridized carbons (Fsp3) is 0.533. The predicted molar refractivity (Wildman–Crippen MR) is 75.5 cm³/mol. The number of aryl methyl sites for hydroxylation is 1. The van der Waals surface area contributed by atoms with E-state index in [1.54, 1.807) is 17.2 Å². The number of nitrogens with zero attached hydrogens (tertiary/aromatic N) is 3. The minimum atomic E-state index is -0.838. The van der Waals surface area contributed by atoms with Crippen molar-refractivity contribution in [2.45, 2.75) is 39.2 Å². The summed E-state index contributed by atoms with van der Waals surface area (Å²) in [5, 5.41) is 18.8. The van der Waals surface area contributed by atoms with Crippen LogP contribution in [0.2, 0.25) is 0 Å². The first-order valence-electron chi connectivity index (χ1n) is 6.93. The lowest BCUT2D eigenvalue weighted by Crippen LogP contribution is -2.48. The molecule has 0 radical (unpaired) electrons. The third kappa shape index (κ3) is 2.60. The van der Waals surface area contributed by atoms with Gasteiger partial charge in [0, 0.05) is 12.7 Å². The third-order valence-electron chi connectivity index (χ3n) is 4.10. The van der Waals surface area contributed by atoms with E-state index in [4.69, 9.17) is 0 Å². The Morgan fingerprint density at radius 3 is 3.00 bits per heavy atom. The van der Waals surface area contributed by atoms with Crippen LogP contribution in [0.5, 0.6) is 0 Å². The number of aromatic nitrogens is 1. The van der Waals surface area contributed by atoms with Crippen LogP contribution in [0.4, 0.5) is 5.82 Å². The molecule has 1 aliphatic rings. The number of pyridine rings is 1. The Kier molecular flexibility index (Phi) is 4.23. The number of hydrogen-bond donors (Lipinski definition) is 1. The number of anilines is 1. The maximum Gasteiger partial charge on any atom is 0.326 e. The summed E-state index contributed by atoms with van der Waals surface area (Å²) in [6.45, 7) is 4.57. The molecule has 1 N–H and O–H groups in total. The molecule has 2 heterocycles. The van der Waals surface area contributed by atoms with Gasteiger partial charge in [-0.25, -0.2) is 9.78 Å². The van der Waals surface area contributed by atoms with Crippen molar-refractivity contribution in [1.82, 2.24) is 4.98 Å². The number of carboxylic acids is 1. The SMILES string of the molecule is CCC1CCN(c2nccc(C)c2C#N)C(C(=O)O)C1. The van der Waals surface area contributed by atoms with Crippen molar-refractivity contribution in [2.24, 2.45) is 5.92 Å². The summed E-state index contributed by atoms with van der Waals surface area (Å²) in [7, 11) is 0. The zero-order valence-corrected chi connectivity index (χ0v) is 11.8. The number of piperidine rings is 1. The van der Waals surface area contributed by atoms with E-state index in [0.717, 1.165) is 18.4 Å².